The van der Waals surface area contributed by atoms with E-state index in [2.05, 4.69) is 10.6 Å². The Bertz CT molecular complexity index is 574. The Kier molecular flexibility index (Phi) is 4.44. The van der Waals surface area contributed by atoms with E-state index in [1.165, 1.54) is 0 Å². The Hall–Kier alpha value is -1.11. The van der Waals surface area contributed by atoms with Crippen LogP contribution in [-0.2, 0) is 14.6 Å². The standard InChI is InChI=1S/C12H15ClN2O3S/c13-10-3-1-2-4-11(10)15-12(16)7-9-8-19(17,18)6-5-14-9/h1-4,9,14H,5-8H2,(H,15,16). The van der Waals surface area contributed by atoms with Gasteiger partial charge in [0.05, 0.1) is 22.2 Å². The molecule has 2 rings (SSSR count). The molecule has 0 radical (unpaired) electrons. The number of carbonyl (C=O) groups is 1. The van der Waals surface area contributed by atoms with E-state index in [9.17, 15) is 13.2 Å². The first-order valence-corrected chi connectivity index (χ1v) is 8.14. The third kappa shape index (κ3) is 4.19. The first kappa shape index (κ1) is 14.3. The first-order valence-electron chi connectivity index (χ1n) is 5.94. The second kappa shape index (κ2) is 5.90. The highest BCUT2D eigenvalue weighted by Gasteiger charge is 2.26. The number of hydrogen-bond donors (Lipinski definition) is 2. The lowest BCUT2D eigenvalue weighted by Crippen LogP contribution is -2.46. The average Bonchev–Trinajstić information content (AvgIpc) is 2.30. The molecule has 19 heavy (non-hydrogen) atoms. The van der Waals surface area contributed by atoms with Gasteiger partial charge in [0.2, 0.25) is 5.91 Å². The lowest BCUT2D eigenvalue weighted by Gasteiger charge is -2.23. The molecule has 104 valence electrons. The number of benzene rings is 1. The molecular weight excluding hydrogens is 288 g/mol. The van der Waals surface area contributed by atoms with Crippen LogP contribution in [0.3, 0.4) is 0 Å². The molecule has 0 spiro atoms. The summed E-state index contributed by atoms with van der Waals surface area (Å²) in [5.74, 6) is -0.110. The number of anilines is 1. The van der Waals surface area contributed by atoms with Crippen molar-refractivity contribution in [2.24, 2.45) is 0 Å². The molecule has 1 heterocycles. The molecule has 1 aliphatic heterocycles. The summed E-state index contributed by atoms with van der Waals surface area (Å²) in [5.41, 5.74) is 0.535. The van der Waals surface area contributed by atoms with Crippen molar-refractivity contribution in [3.8, 4) is 0 Å². The summed E-state index contributed by atoms with van der Waals surface area (Å²) in [4.78, 5) is 11.8. The van der Waals surface area contributed by atoms with E-state index >= 15 is 0 Å². The SMILES string of the molecule is O=C(CC1CS(=O)(=O)CCN1)Nc1ccccc1Cl. The van der Waals surface area contributed by atoms with Crippen molar-refractivity contribution in [2.75, 3.05) is 23.4 Å². The van der Waals surface area contributed by atoms with Crippen molar-refractivity contribution in [1.29, 1.82) is 0 Å². The Morgan fingerprint density at radius 1 is 1.42 bits per heavy atom. The Balaban J connectivity index is 1.93. The van der Waals surface area contributed by atoms with Crippen LogP contribution in [0.15, 0.2) is 24.3 Å². The minimum absolute atomic E-state index is 0.00292. The molecule has 1 amide bonds. The van der Waals surface area contributed by atoms with Gasteiger partial charge in [-0.1, -0.05) is 23.7 Å². The van der Waals surface area contributed by atoms with E-state index in [0.29, 0.717) is 17.3 Å². The lowest BCUT2D eigenvalue weighted by molar-refractivity contribution is -0.116. The summed E-state index contributed by atoms with van der Waals surface area (Å²) in [6.45, 7) is 0.395. The summed E-state index contributed by atoms with van der Waals surface area (Å²) in [6, 6.07) is 6.59. The van der Waals surface area contributed by atoms with Crippen molar-refractivity contribution >= 4 is 33.0 Å². The van der Waals surface area contributed by atoms with E-state index in [1.54, 1.807) is 24.3 Å². The number of para-hydroxylation sites is 1. The van der Waals surface area contributed by atoms with Gasteiger partial charge in [0, 0.05) is 19.0 Å². The average molecular weight is 303 g/mol. The molecule has 0 saturated carbocycles. The van der Waals surface area contributed by atoms with Gasteiger partial charge in [-0.05, 0) is 12.1 Å². The molecule has 5 nitrogen and oxygen atoms in total. The molecule has 1 aromatic carbocycles. The van der Waals surface area contributed by atoms with Crippen LogP contribution in [0.5, 0.6) is 0 Å². The van der Waals surface area contributed by atoms with Crippen LogP contribution in [0, 0.1) is 0 Å². The topological polar surface area (TPSA) is 75.3 Å². The van der Waals surface area contributed by atoms with Crippen LogP contribution in [-0.4, -0.2) is 38.4 Å². The van der Waals surface area contributed by atoms with Gasteiger partial charge in [0.1, 0.15) is 0 Å². The van der Waals surface area contributed by atoms with Crippen LogP contribution in [0.25, 0.3) is 0 Å². The van der Waals surface area contributed by atoms with Gasteiger partial charge in [0.15, 0.2) is 9.84 Å². The predicted molar refractivity (Wildman–Crippen MR) is 75.1 cm³/mol. The Morgan fingerprint density at radius 2 is 2.16 bits per heavy atom. The smallest absolute Gasteiger partial charge is 0.226 e. The van der Waals surface area contributed by atoms with Gasteiger partial charge < -0.3 is 10.6 Å². The third-order valence-corrected chi connectivity index (χ3v) is 4.95. The van der Waals surface area contributed by atoms with E-state index in [-0.39, 0.29) is 29.9 Å². The number of hydrogen-bond acceptors (Lipinski definition) is 4. The number of amides is 1. The van der Waals surface area contributed by atoms with Gasteiger partial charge >= 0.3 is 0 Å². The molecule has 0 aromatic heterocycles. The van der Waals surface area contributed by atoms with Gasteiger partial charge in [0.25, 0.3) is 0 Å². The van der Waals surface area contributed by atoms with Gasteiger partial charge in [-0.2, -0.15) is 0 Å². The Labute approximate surface area is 117 Å². The van der Waals surface area contributed by atoms with Crippen molar-refractivity contribution in [1.82, 2.24) is 5.32 Å². The number of halogens is 1. The molecule has 1 unspecified atom stereocenters. The maximum absolute atomic E-state index is 11.8. The van der Waals surface area contributed by atoms with Gasteiger partial charge in [-0.15, -0.1) is 0 Å². The number of carbonyl (C=O) groups excluding carboxylic acids is 1. The van der Waals surface area contributed by atoms with E-state index in [0.717, 1.165) is 0 Å². The molecule has 1 fully saturated rings. The van der Waals surface area contributed by atoms with E-state index in [1.807, 2.05) is 0 Å². The minimum Gasteiger partial charge on any atom is -0.325 e. The second-order valence-electron chi connectivity index (χ2n) is 4.50. The quantitative estimate of drug-likeness (QED) is 0.875. The normalized spacial score (nSPS) is 21.8. The van der Waals surface area contributed by atoms with Crippen molar-refractivity contribution in [2.45, 2.75) is 12.5 Å². The van der Waals surface area contributed by atoms with Crippen LogP contribution >= 0.6 is 11.6 Å². The van der Waals surface area contributed by atoms with Crippen molar-refractivity contribution in [3.05, 3.63) is 29.3 Å². The largest absolute Gasteiger partial charge is 0.325 e. The molecule has 2 N–H and O–H groups in total. The van der Waals surface area contributed by atoms with E-state index in [4.69, 9.17) is 11.6 Å². The van der Waals surface area contributed by atoms with Crippen LogP contribution < -0.4 is 10.6 Å². The molecule has 7 heteroatoms. The number of nitrogens with one attached hydrogen (secondary N) is 2. The molecule has 0 aliphatic carbocycles. The summed E-state index contributed by atoms with van der Waals surface area (Å²) < 4.78 is 22.9. The molecular formula is C12H15ClN2O3S. The van der Waals surface area contributed by atoms with Crippen LogP contribution in [0.1, 0.15) is 6.42 Å². The highest BCUT2D eigenvalue weighted by atomic mass is 35.5. The molecule has 1 saturated heterocycles. The monoisotopic (exact) mass is 302 g/mol. The van der Waals surface area contributed by atoms with Crippen molar-refractivity contribution in [3.63, 3.8) is 0 Å². The highest BCUT2D eigenvalue weighted by Crippen LogP contribution is 2.20. The van der Waals surface area contributed by atoms with Crippen molar-refractivity contribution < 1.29 is 13.2 Å². The number of sulfone groups is 1. The fraction of sp³-hybridized carbons (Fsp3) is 0.417. The van der Waals surface area contributed by atoms with E-state index < -0.39 is 9.84 Å². The fourth-order valence-corrected chi connectivity index (χ4v) is 3.61. The zero-order valence-corrected chi connectivity index (χ0v) is 11.8. The second-order valence-corrected chi connectivity index (χ2v) is 7.13. The summed E-state index contributed by atoms with van der Waals surface area (Å²) in [6.07, 6.45) is 0.116. The summed E-state index contributed by atoms with van der Waals surface area (Å²) in [7, 11) is -3.03. The zero-order chi connectivity index (χ0) is 13.9. The zero-order valence-electron chi connectivity index (χ0n) is 10.2. The fourth-order valence-electron chi connectivity index (χ4n) is 1.99. The molecule has 1 aliphatic rings. The summed E-state index contributed by atoms with van der Waals surface area (Å²) >= 11 is 5.93. The molecule has 0 bridgehead atoms. The molecule has 1 aromatic rings. The van der Waals surface area contributed by atoms with Crippen LogP contribution in [0.4, 0.5) is 5.69 Å². The Morgan fingerprint density at radius 3 is 2.84 bits per heavy atom. The highest BCUT2D eigenvalue weighted by molar-refractivity contribution is 7.91. The van der Waals surface area contributed by atoms with Gasteiger partial charge in [-0.3, -0.25) is 4.79 Å². The van der Waals surface area contributed by atoms with Crippen LogP contribution in [0.2, 0.25) is 5.02 Å². The first-order chi connectivity index (χ1) is 8.96. The van der Waals surface area contributed by atoms with Gasteiger partial charge in [-0.25, -0.2) is 8.42 Å². The summed E-state index contributed by atoms with van der Waals surface area (Å²) in [5, 5.41) is 6.17. The minimum atomic E-state index is -3.03. The predicted octanol–water partition coefficient (Wildman–Crippen LogP) is 1.06. The third-order valence-electron chi connectivity index (χ3n) is 2.88. The number of rotatable bonds is 3. The maximum atomic E-state index is 11.8. The lowest BCUT2D eigenvalue weighted by atomic mass is 10.2. The maximum Gasteiger partial charge on any atom is 0.226 e. The molecule has 1 atom stereocenters.